The van der Waals surface area contributed by atoms with Crippen molar-refractivity contribution in [2.45, 2.75) is 6.92 Å². The lowest BCUT2D eigenvalue weighted by molar-refractivity contribution is 0.101. The summed E-state index contributed by atoms with van der Waals surface area (Å²) in [5.74, 6) is 1.59. The largest absolute Gasteiger partial charge is 0.461 e. The van der Waals surface area contributed by atoms with Crippen LogP contribution in [0.5, 0.6) is 11.6 Å². The van der Waals surface area contributed by atoms with Crippen LogP contribution < -0.4 is 10.1 Å². The number of carbonyl (C=O) groups is 1. The number of ether oxygens (including phenoxy) is 1. The fourth-order valence-corrected chi connectivity index (χ4v) is 2.35. The molecule has 0 fully saturated rings. The summed E-state index contributed by atoms with van der Waals surface area (Å²) in [6.45, 7) is 2.01. The second-order valence-electron chi connectivity index (χ2n) is 5.81. The quantitative estimate of drug-likeness (QED) is 0.555. The van der Waals surface area contributed by atoms with Crippen LogP contribution in [0.15, 0.2) is 76.0 Å². The van der Waals surface area contributed by atoms with Crippen LogP contribution in [0.4, 0.5) is 5.69 Å². The zero-order valence-electron chi connectivity index (χ0n) is 14.4. The number of benzene rings is 1. The van der Waals surface area contributed by atoms with Gasteiger partial charge in [-0.25, -0.2) is 4.98 Å². The van der Waals surface area contributed by atoms with Gasteiger partial charge in [-0.3, -0.25) is 4.79 Å². The van der Waals surface area contributed by atoms with Crippen molar-refractivity contribution in [2.24, 2.45) is 0 Å². The lowest BCUT2D eigenvalue weighted by Crippen LogP contribution is -2.12. The molecular weight excluding hydrogens is 346 g/mol. The highest BCUT2D eigenvalue weighted by Gasteiger charge is 2.15. The van der Waals surface area contributed by atoms with E-state index in [0.717, 1.165) is 5.56 Å². The first-order valence-electron chi connectivity index (χ1n) is 8.20. The Hall–Kier alpha value is -3.87. The molecule has 7 nitrogen and oxygen atoms in total. The molecule has 1 aromatic carbocycles. The van der Waals surface area contributed by atoms with Crippen LogP contribution in [0.2, 0.25) is 0 Å². The van der Waals surface area contributed by atoms with Gasteiger partial charge in [0.25, 0.3) is 5.91 Å². The molecule has 0 unspecified atom stereocenters. The highest BCUT2D eigenvalue weighted by atomic mass is 16.5. The van der Waals surface area contributed by atoms with Crippen LogP contribution in [0, 0.1) is 6.92 Å². The predicted octanol–water partition coefficient (Wildman–Crippen LogP) is 4.68. The maximum absolute atomic E-state index is 12.3. The van der Waals surface area contributed by atoms with E-state index < -0.39 is 5.91 Å². The van der Waals surface area contributed by atoms with Gasteiger partial charge in [-0.05, 0) is 37.3 Å². The molecule has 3 heterocycles. The summed E-state index contributed by atoms with van der Waals surface area (Å²) in [6, 6.07) is 16.0. The van der Waals surface area contributed by atoms with Crippen molar-refractivity contribution in [1.82, 2.24) is 10.1 Å². The number of anilines is 1. The minimum absolute atomic E-state index is 0.140. The highest BCUT2D eigenvalue weighted by molar-refractivity contribution is 6.03. The average Bonchev–Trinajstić information content (AvgIpc) is 3.36. The first kappa shape index (κ1) is 16.6. The third-order valence-electron chi connectivity index (χ3n) is 3.74. The Balaban J connectivity index is 1.40. The molecule has 0 aliphatic rings. The maximum Gasteiger partial charge on any atom is 0.277 e. The van der Waals surface area contributed by atoms with Gasteiger partial charge in [0.05, 0.1) is 18.1 Å². The predicted molar refractivity (Wildman–Crippen MR) is 97.6 cm³/mol. The molecule has 0 bridgehead atoms. The van der Waals surface area contributed by atoms with Crippen molar-refractivity contribution < 1.29 is 18.5 Å². The molecule has 0 radical (unpaired) electrons. The van der Waals surface area contributed by atoms with Crippen molar-refractivity contribution in [1.29, 1.82) is 0 Å². The standard InChI is InChI=1S/C20H15N3O4/c1-13-4-7-15(8-5-13)26-19-9-6-14(12-21-19)22-20(24)16-11-18(27-23-16)17-3-2-10-25-17/h2-12H,1H3,(H,22,24). The molecule has 0 spiro atoms. The molecule has 7 heteroatoms. The third kappa shape index (κ3) is 3.87. The first-order chi connectivity index (χ1) is 13.2. The summed E-state index contributed by atoms with van der Waals surface area (Å²) in [5.41, 5.74) is 1.80. The van der Waals surface area contributed by atoms with Crippen molar-refractivity contribution >= 4 is 11.6 Å². The van der Waals surface area contributed by atoms with E-state index in [1.807, 2.05) is 31.2 Å². The number of rotatable bonds is 5. The summed E-state index contributed by atoms with van der Waals surface area (Å²) in [4.78, 5) is 16.5. The zero-order valence-corrected chi connectivity index (χ0v) is 14.4. The minimum atomic E-state index is -0.412. The minimum Gasteiger partial charge on any atom is -0.461 e. The summed E-state index contributed by atoms with van der Waals surface area (Å²) >= 11 is 0. The van der Waals surface area contributed by atoms with E-state index in [2.05, 4.69) is 15.5 Å². The van der Waals surface area contributed by atoms with E-state index in [1.165, 1.54) is 18.5 Å². The van der Waals surface area contributed by atoms with Gasteiger partial charge in [-0.2, -0.15) is 0 Å². The molecule has 3 aromatic heterocycles. The molecule has 0 saturated heterocycles. The molecule has 1 N–H and O–H groups in total. The zero-order chi connectivity index (χ0) is 18.6. The molecule has 0 atom stereocenters. The molecule has 134 valence electrons. The van der Waals surface area contributed by atoms with Crippen molar-refractivity contribution in [2.75, 3.05) is 5.32 Å². The van der Waals surface area contributed by atoms with Gasteiger partial charge in [0.15, 0.2) is 11.5 Å². The Labute approximate surface area is 154 Å². The van der Waals surface area contributed by atoms with Crippen molar-refractivity contribution in [3.05, 3.63) is 78.3 Å². The number of pyridine rings is 1. The van der Waals surface area contributed by atoms with Gasteiger partial charge < -0.3 is 19.0 Å². The molecule has 0 saturated carbocycles. The fourth-order valence-electron chi connectivity index (χ4n) is 2.35. The van der Waals surface area contributed by atoms with Gasteiger partial charge in [0.2, 0.25) is 11.6 Å². The molecule has 27 heavy (non-hydrogen) atoms. The Morgan fingerprint density at radius 2 is 1.93 bits per heavy atom. The monoisotopic (exact) mass is 361 g/mol. The van der Waals surface area contributed by atoms with E-state index in [4.69, 9.17) is 13.7 Å². The lowest BCUT2D eigenvalue weighted by Gasteiger charge is -2.06. The summed E-state index contributed by atoms with van der Waals surface area (Å²) in [6.07, 6.45) is 3.03. The smallest absolute Gasteiger partial charge is 0.277 e. The number of aromatic nitrogens is 2. The molecule has 1 amide bonds. The van der Waals surface area contributed by atoms with Crippen LogP contribution in [0.25, 0.3) is 11.5 Å². The van der Waals surface area contributed by atoms with Gasteiger partial charge in [-0.1, -0.05) is 22.9 Å². The van der Waals surface area contributed by atoms with E-state index in [0.29, 0.717) is 28.8 Å². The number of nitrogens with one attached hydrogen (secondary N) is 1. The Kier molecular flexibility index (Phi) is 4.40. The number of aryl methyl sites for hydroxylation is 1. The molecule has 0 aliphatic heterocycles. The van der Waals surface area contributed by atoms with Crippen LogP contribution in [0.1, 0.15) is 16.1 Å². The SMILES string of the molecule is Cc1ccc(Oc2ccc(NC(=O)c3cc(-c4ccco4)on3)cn2)cc1. The molecule has 4 rings (SSSR count). The van der Waals surface area contributed by atoms with E-state index in [9.17, 15) is 4.79 Å². The van der Waals surface area contributed by atoms with Crippen LogP contribution in [-0.2, 0) is 0 Å². The maximum atomic E-state index is 12.3. The van der Waals surface area contributed by atoms with Crippen LogP contribution >= 0.6 is 0 Å². The number of hydrogen-bond acceptors (Lipinski definition) is 6. The van der Waals surface area contributed by atoms with Crippen LogP contribution in [0.3, 0.4) is 0 Å². The second kappa shape index (κ2) is 7.17. The van der Waals surface area contributed by atoms with E-state index >= 15 is 0 Å². The summed E-state index contributed by atoms with van der Waals surface area (Å²) in [5, 5.41) is 6.46. The Morgan fingerprint density at radius 1 is 1.07 bits per heavy atom. The number of furan rings is 1. The van der Waals surface area contributed by atoms with Gasteiger partial charge in [-0.15, -0.1) is 0 Å². The Morgan fingerprint density at radius 3 is 2.63 bits per heavy atom. The summed E-state index contributed by atoms with van der Waals surface area (Å²) < 4.78 is 16.0. The van der Waals surface area contributed by atoms with Crippen molar-refractivity contribution in [3.8, 4) is 23.1 Å². The molecular formula is C20H15N3O4. The third-order valence-corrected chi connectivity index (χ3v) is 3.74. The van der Waals surface area contributed by atoms with Gasteiger partial charge >= 0.3 is 0 Å². The van der Waals surface area contributed by atoms with E-state index in [1.54, 1.807) is 24.3 Å². The highest BCUT2D eigenvalue weighted by Crippen LogP contribution is 2.22. The fraction of sp³-hybridized carbons (Fsp3) is 0.0500. The Bertz CT molecular complexity index is 1040. The topological polar surface area (TPSA) is 90.4 Å². The van der Waals surface area contributed by atoms with Crippen LogP contribution in [-0.4, -0.2) is 16.0 Å². The molecule has 0 aliphatic carbocycles. The number of carbonyl (C=O) groups excluding carboxylic acids is 1. The summed E-state index contributed by atoms with van der Waals surface area (Å²) in [7, 11) is 0. The van der Waals surface area contributed by atoms with E-state index in [-0.39, 0.29) is 5.69 Å². The van der Waals surface area contributed by atoms with Gasteiger partial charge in [0, 0.05) is 12.1 Å². The number of hydrogen-bond donors (Lipinski definition) is 1. The number of nitrogens with zero attached hydrogens (tertiary/aromatic N) is 2. The average molecular weight is 361 g/mol. The normalized spacial score (nSPS) is 10.6. The first-order valence-corrected chi connectivity index (χ1v) is 8.20. The number of amides is 1. The second-order valence-corrected chi connectivity index (χ2v) is 5.81. The lowest BCUT2D eigenvalue weighted by atomic mass is 10.2. The van der Waals surface area contributed by atoms with Gasteiger partial charge in [0.1, 0.15) is 5.75 Å². The van der Waals surface area contributed by atoms with Crippen molar-refractivity contribution in [3.63, 3.8) is 0 Å². The molecule has 4 aromatic rings.